The van der Waals surface area contributed by atoms with Crippen LogP contribution in [0.4, 0.5) is 5.00 Å². The second-order valence-electron chi connectivity index (χ2n) is 2.77. The zero-order chi connectivity index (χ0) is 9.80. The Kier molecular flexibility index (Phi) is 2.65. The second-order valence-corrected chi connectivity index (χ2v) is 3.65. The van der Waals surface area contributed by atoms with Gasteiger partial charge in [-0.1, -0.05) is 18.2 Å². The van der Waals surface area contributed by atoms with E-state index in [4.69, 9.17) is 10.5 Å². The van der Waals surface area contributed by atoms with Gasteiger partial charge < -0.3 is 10.5 Å². The number of nitrogen functional groups attached to an aromatic ring is 1. The molecule has 4 heteroatoms. The number of nitrogens with zero attached hydrogens (tertiary/aromatic N) is 1. The van der Waals surface area contributed by atoms with Crippen molar-refractivity contribution in [2.24, 2.45) is 0 Å². The Balaban J connectivity index is 1.99. The number of aromatic nitrogens is 1. The Morgan fingerprint density at radius 3 is 2.71 bits per heavy atom. The van der Waals surface area contributed by atoms with Crippen LogP contribution in [0.25, 0.3) is 0 Å². The van der Waals surface area contributed by atoms with Gasteiger partial charge in [0.25, 0.3) is 0 Å². The highest BCUT2D eigenvalue weighted by molar-refractivity contribution is 7.13. The first-order chi connectivity index (χ1) is 6.86. The number of ether oxygens (including phenoxy) is 1. The molecular weight excluding hydrogens is 196 g/mol. The number of thiazole rings is 1. The van der Waals surface area contributed by atoms with Gasteiger partial charge in [-0.25, -0.2) is 4.98 Å². The maximum atomic E-state index is 5.68. The van der Waals surface area contributed by atoms with Crippen LogP contribution in [0, 0.1) is 0 Å². The van der Waals surface area contributed by atoms with Crippen molar-refractivity contribution in [3.05, 3.63) is 41.5 Å². The SMILES string of the molecule is Nc1scnc1COc1ccccc1. The highest BCUT2D eigenvalue weighted by atomic mass is 32.1. The van der Waals surface area contributed by atoms with Gasteiger partial charge in [-0.3, -0.25) is 0 Å². The third-order valence-corrected chi connectivity index (χ3v) is 2.49. The van der Waals surface area contributed by atoms with Gasteiger partial charge in [-0.2, -0.15) is 0 Å². The van der Waals surface area contributed by atoms with Crippen LogP contribution in [0.15, 0.2) is 35.8 Å². The summed E-state index contributed by atoms with van der Waals surface area (Å²) in [6.45, 7) is 0.430. The molecule has 0 amide bonds. The molecule has 0 saturated carbocycles. The Bertz CT molecular complexity index is 400. The zero-order valence-electron chi connectivity index (χ0n) is 7.51. The molecule has 1 aromatic heterocycles. The van der Waals surface area contributed by atoms with E-state index in [0.29, 0.717) is 6.61 Å². The van der Waals surface area contributed by atoms with Gasteiger partial charge in [0.1, 0.15) is 23.1 Å². The fourth-order valence-corrected chi connectivity index (χ4v) is 1.60. The molecule has 1 heterocycles. The average molecular weight is 206 g/mol. The summed E-state index contributed by atoms with van der Waals surface area (Å²) in [4.78, 5) is 4.10. The lowest BCUT2D eigenvalue weighted by atomic mass is 10.3. The highest BCUT2D eigenvalue weighted by Crippen LogP contribution is 2.18. The van der Waals surface area contributed by atoms with Crippen LogP contribution in [-0.2, 0) is 6.61 Å². The van der Waals surface area contributed by atoms with Gasteiger partial charge in [0.05, 0.1) is 5.51 Å². The minimum absolute atomic E-state index is 0.430. The van der Waals surface area contributed by atoms with E-state index < -0.39 is 0 Å². The van der Waals surface area contributed by atoms with E-state index in [2.05, 4.69) is 4.98 Å². The Morgan fingerprint density at radius 1 is 1.29 bits per heavy atom. The van der Waals surface area contributed by atoms with Crippen LogP contribution in [0.2, 0.25) is 0 Å². The highest BCUT2D eigenvalue weighted by Gasteiger charge is 2.02. The number of hydrogen-bond acceptors (Lipinski definition) is 4. The molecule has 0 aliphatic heterocycles. The zero-order valence-corrected chi connectivity index (χ0v) is 8.33. The van der Waals surface area contributed by atoms with Gasteiger partial charge in [-0.15, -0.1) is 11.3 Å². The van der Waals surface area contributed by atoms with Gasteiger partial charge in [0.15, 0.2) is 0 Å². The molecule has 3 nitrogen and oxygen atoms in total. The van der Waals surface area contributed by atoms with Crippen molar-refractivity contribution in [3.8, 4) is 5.75 Å². The number of nitrogens with two attached hydrogens (primary N) is 1. The molecule has 2 N–H and O–H groups in total. The van der Waals surface area contributed by atoms with Crippen LogP contribution < -0.4 is 10.5 Å². The molecule has 0 unspecified atom stereocenters. The van der Waals surface area contributed by atoms with Gasteiger partial charge in [0.2, 0.25) is 0 Å². The first kappa shape index (κ1) is 9.02. The normalized spacial score (nSPS) is 10.0. The molecular formula is C10H10N2OS. The van der Waals surface area contributed by atoms with Crippen molar-refractivity contribution in [3.63, 3.8) is 0 Å². The van der Waals surface area contributed by atoms with Gasteiger partial charge in [-0.05, 0) is 12.1 Å². The fourth-order valence-electron chi connectivity index (χ4n) is 1.06. The van der Waals surface area contributed by atoms with E-state index in [1.165, 1.54) is 11.3 Å². The van der Waals surface area contributed by atoms with E-state index in [-0.39, 0.29) is 0 Å². The van der Waals surface area contributed by atoms with E-state index in [1.807, 2.05) is 30.3 Å². The molecule has 0 aliphatic rings. The molecule has 2 rings (SSSR count). The molecule has 2 aromatic rings. The monoisotopic (exact) mass is 206 g/mol. The van der Waals surface area contributed by atoms with Crippen LogP contribution in [0.1, 0.15) is 5.69 Å². The number of benzene rings is 1. The Labute approximate surface area is 86.2 Å². The number of rotatable bonds is 3. The van der Waals surface area contributed by atoms with E-state index >= 15 is 0 Å². The summed E-state index contributed by atoms with van der Waals surface area (Å²) in [5.74, 6) is 0.833. The molecule has 0 spiro atoms. The van der Waals surface area contributed by atoms with Crippen molar-refractivity contribution in [2.45, 2.75) is 6.61 Å². The lowest BCUT2D eigenvalue weighted by Crippen LogP contribution is -1.98. The molecule has 0 atom stereocenters. The van der Waals surface area contributed by atoms with Crippen LogP contribution in [0.5, 0.6) is 5.75 Å². The quantitative estimate of drug-likeness (QED) is 0.838. The number of para-hydroxylation sites is 1. The first-order valence-electron chi connectivity index (χ1n) is 4.22. The molecule has 0 aliphatic carbocycles. The third-order valence-electron chi connectivity index (χ3n) is 1.79. The summed E-state index contributed by atoms with van der Waals surface area (Å²) in [7, 11) is 0. The summed E-state index contributed by atoms with van der Waals surface area (Å²) in [5, 5.41) is 0.723. The summed E-state index contributed by atoms with van der Waals surface area (Å²) >= 11 is 1.43. The van der Waals surface area contributed by atoms with Crippen molar-refractivity contribution >= 4 is 16.3 Å². The lowest BCUT2D eigenvalue weighted by molar-refractivity contribution is 0.303. The maximum Gasteiger partial charge on any atom is 0.133 e. The first-order valence-corrected chi connectivity index (χ1v) is 5.10. The molecule has 0 fully saturated rings. The molecule has 72 valence electrons. The lowest BCUT2D eigenvalue weighted by Gasteiger charge is -2.03. The predicted molar refractivity (Wildman–Crippen MR) is 57.3 cm³/mol. The Hall–Kier alpha value is -1.55. The molecule has 0 saturated heterocycles. The van der Waals surface area contributed by atoms with Crippen molar-refractivity contribution in [2.75, 3.05) is 5.73 Å². The molecule has 1 aromatic carbocycles. The molecule has 0 radical (unpaired) electrons. The molecule has 0 bridgehead atoms. The van der Waals surface area contributed by atoms with Crippen LogP contribution in [0.3, 0.4) is 0 Å². The summed E-state index contributed by atoms with van der Waals surface area (Å²) in [5.41, 5.74) is 8.21. The fraction of sp³-hybridized carbons (Fsp3) is 0.100. The smallest absolute Gasteiger partial charge is 0.133 e. The van der Waals surface area contributed by atoms with Crippen molar-refractivity contribution < 1.29 is 4.74 Å². The topological polar surface area (TPSA) is 48.1 Å². The van der Waals surface area contributed by atoms with Crippen molar-refractivity contribution in [1.29, 1.82) is 0 Å². The minimum atomic E-state index is 0.430. The largest absolute Gasteiger partial charge is 0.487 e. The van der Waals surface area contributed by atoms with E-state index in [9.17, 15) is 0 Å². The number of anilines is 1. The minimum Gasteiger partial charge on any atom is -0.487 e. The molecule has 14 heavy (non-hydrogen) atoms. The summed E-state index contributed by atoms with van der Waals surface area (Å²) < 4.78 is 5.50. The van der Waals surface area contributed by atoms with Gasteiger partial charge in [0, 0.05) is 0 Å². The Morgan fingerprint density at radius 2 is 2.07 bits per heavy atom. The standard InChI is InChI=1S/C10H10N2OS/c11-10-9(12-7-14-10)6-13-8-4-2-1-3-5-8/h1-5,7H,6,11H2. The third kappa shape index (κ3) is 2.03. The summed E-state index contributed by atoms with van der Waals surface area (Å²) in [6.07, 6.45) is 0. The maximum absolute atomic E-state index is 5.68. The average Bonchev–Trinajstić information content (AvgIpc) is 2.63. The van der Waals surface area contributed by atoms with Crippen LogP contribution in [-0.4, -0.2) is 4.98 Å². The predicted octanol–water partition coefficient (Wildman–Crippen LogP) is 2.30. The second kappa shape index (κ2) is 4.11. The van der Waals surface area contributed by atoms with Crippen LogP contribution >= 0.6 is 11.3 Å². The summed E-state index contributed by atoms with van der Waals surface area (Å²) in [6, 6.07) is 9.62. The van der Waals surface area contributed by atoms with E-state index in [1.54, 1.807) is 5.51 Å². The van der Waals surface area contributed by atoms with Gasteiger partial charge >= 0.3 is 0 Å². The number of hydrogen-bond donors (Lipinski definition) is 1. The van der Waals surface area contributed by atoms with Crippen molar-refractivity contribution in [1.82, 2.24) is 4.98 Å². The van der Waals surface area contributed by atoms with E-state index in [0.717, 1.165) is 16.4 Å².